The van der Waals surface area contributed by atoms with Gasteiger partial charge >= 0.3 is 0 Å². The Labute approximate surface area is 206 Å². The quantitative estimate of drug-likeness (QED) is 0.409. The lowest BCUT2D eigenvalue weighted by molar-refractivity contribution is -0.143. The highest BCUT2D eigenvalue weighted by molar-refractivity contribution is 9.10. The van der Waals surface area contributed by atoms with Gasteiger partial charge in [-0.1, -0.05) is 63.7 Å². The van der Waals surface area contributed by atoms with Crippen LogP contribution < -0.4 is 10.1 Å². The number of hydrogen-bond donors (Lipinski definition) is 1. The van der Waals surface area contributed by atoms with Crippen molar-refractivity contribution >= 4 is 62.5 Å². The maximum atomic E-state index is 13.2. The number of carbonyl (C=O) groups is 2. The molecular formula is C22H24BrCl3N2O3. The van der Waals surface area contributed by atoms with E-state index in [4.69, 9.17) is 39.5 Å². The Morgan fingerprint density at radius 2 is 1.77 bits per heavy atom. The van der Waals surface area contributed by atoms with Crippen LogP contribution in [0.25, 0.3) is 0 Å². The Bertz CT molecular complexity index is 940. The van der Waals surface area contributed by atoms with Crippen molar-refractivity contribution in [1.82, 2.24) is 10.2 Å². The fourth-order valence-corrected chi connectivity index (χ4v) is 4.00. The van der Waals surface area contributed by atoms with Crippen LogP contribution in [0.15, 0.2) is 40.9 Å². The van der Waals surface area contributed by atoms with Crippen molar-refractivity contribution in [3.63, 3.8) is 0 Å². The molecule has 1 N–H and O–H groups in total. The number of nitrogens with one attached hydrogen (secondary N) is 1. The molecule has 0 radical (unpaired) electrons. The lowest BCUT2D eigenvalue weighted by Crippen LogP contribution is -2.51. The van der Waals surface area contributed by atoms with Crippen molar-refractivity contribution in [3.05, 3.63) is 61.5 Å². The zero-order valence-electron chi connectivity index (χ0n) is 17.4. The number of carbonyl (C=O) groups excluding carboxylic acids is 2. The second-order valence-corrected chi connectivity index (χ2v) is 9.36. The maximum Gasteiger partial charge on any atom is 0.261 e. The van der Waals surface area contributed by atoms with Gasteiger partial charge in [0.15, 0.2) is 6.61 Å². The number of halogens is 4. The van der Waals surface area contributed by atoms with Crippen LogP contribution in [0, 0.1) is 0 Å². The van der Waals surface area contributed by atoms with Gasteiger partial charge in [0.25, 0.3) is 5.91 Å². The van der Waals surface area contributed by atoms with Gasteiger partial charge in [0.05, 0.1) is 15.1 Å². The molecule has 0 aliphatic rings. The molecule has 1 atom stereocenters. The fraction of sp³-hybridized carbons (Fsp3) is 0.364. The molecule has 2 amide bonds. The average molecular weight is 551 g/mol. The van der Waals surface area contributed by atoms with E-state index in [9.17, 15) is 9.59 Å². The SMILES string of the molecule is CCC(C(=O)NC(C)C)N(Cc1ccc(Cl)c(Cl)c1)C(=O)COc1ccc(Br)cc1Cl. The van der Waals surface area contributed by atoms with Gasteiger partial charge < -0.3 is 15.0 Å². The van der Waals surface area contributed by atoms with Crippen LogP contribution in [0.4, 0.5) is 0 Å². The van der Waals surface area contributed by atoms with Gasteiger partial charge in [-0.3, -0.25) is 9.59 Å². The molecule has 0 saturated heterocycles. The summed E-state index contributed by atoms with van der Waals surface area (Å²) in [6.07, 6.45) is 0.435. The minimum atomic E-state index is -0.673. The van der Waals surface area contributed by atoms with E-state index in [1.807, 2.05) is 20.8 Å². The van der Waals surface area contributed by atoms with Gasteiger partial charge in [-0.2, -0.15) is 0 Å². The van der Waals surface area contributed by atoms with Gasteiger partial charge in [-0.15, -0.1) is 0 Å². The van der Waals surface area contributed by atoms with Gasteiger partial charge in [-0.25, -0.2) is 0 Å². The zero-order valence-corrected chi connectivity index (χ0v) is 21.3. The lowest BCUT2D eigenvalue weighted by Gasteiger charge is -2.31. The first-order valence-electron chi connectivity index (χ1n) is 9.74. The van der Waals surface area contributed by atoms with Gasteiger partial charge in [0.2, 0.25) is 5.91 Å². The summed E-state index contributed by atoms with van der Waals surface area (Å²) in [5.41, 5.74) is 0.750. The smallest absolute Gasteiger partial charge is 0.261 e. The van der Waals surface area contributed by atoms with Crippen LogP contribution in [0.2, 0.25) is 15.1 Å². The monoisotopic (exact) mass is 548 g/mol. The van der Waals surface area contributed by atoms with Crippen LogP contribution in [-0.2, 0) is 16.1 Å². The lowest BCUT2D eigenvalue weighted by atomic mass is 10.1. The molecule has 2 rings (SSSR count). The highest BCUT2D eigenvalue weighted by atomic mass is 79.9. The van der Waals surface area contributed by atoms with Crippen LogP contribution >= 0.6 is 50.7 Å². The third kappa shape index (κ3) is 7.56. The fourth-order valence-electron chi connectivity index (χ4n) is 2.95. The summed E-state index contributed by atoms with van der Waals surface area (Å²) >= 11 is 21.7. The Morgan fingerprint density at radius 1 is 1.06 bits per heavy atom. The van der Waals surface area contributed by atoms with Crippen LogP contribution in [0.3, 0.4) is 0 Å². The minimum absolute atomic E-state index is 0.0544. The number of ether oxygens (including phenoxy) is 1. The highest BCUT2D eigenvalue weighted by Gasteiger charge is 2.29. The Hall–Kier alpha value is -1.47. The third-order valence-electron chi connectivity index (χ3n) is 4.40. The van der Waals surface area contributed by atoms with Gasteiger partial charge in [0, 0.05) is 17.1 Å². The van der Waals surface area contributed by atoms with Crippen LogP contribution in [0.1, 0.15) is 32.8 Å². The topological polar surface area (TPSA) is 58.6 Å². The van der Waals surface area contributed by atoms with E-state index in [0.29, 0.717) is 27.2 Å². The Morgan fingerprint density at radius 3 is 2.35 bits per heavy atom. The summed E-state index contributed by atoms with van der Waals surface area (Å²) in [6.45, 7) is 5.50. The van der Waals surface area contributed by atoms with Crippen molar-refractivity contribution in [2.24, 2.45) is 0 Å². The molecule has 1 unspecified atom stereocenters. The molecule has 0 heterocycles. The first-order valence-corrected chi connectivity index (χ1v) is 11.7. The summed E-state index contributed by atoms with van der Waals surface area (Å²) in [4.78, 5) is 27.4. The van der Waals surface area contributed by atoms with Crippen molar-refractivity contribution < 1.29 is 14.3 Å². The van der Waals surface area contributed by atoms with E-state index in [0.717, 1.165) is 10.0 Å². The molecule has 2 aromatic carbocycles. The Kier molecular flexibility index (Phi) is 9.94. The van der Waals surface area contributed by atoms with Crippen molar-refractivity contribution in [3.8, 4) is 5.75 Å². The zero-order chi connectivity index (χ0) is 23.1. The normalized spacial score (nSPS) is 11.9. The predicted octanol–water partition coefficient (Wildman–Crippen LogP) is 6.12. The number of amides is 2. The molecule has 9 heteroatoms. The Balaban J connectivity index is 2.26. The predicted molar refractivity (Wildman–Crippen MR) is 129 cm³/mol. The molecule has 2 aromatic rings. The van der Waals surface area contributed by atoms with Crippen molar-refractivity contribution in [2.45, 2.75) is 45.8 Å². The molecule has 0 bridgehead atoms. The van der Waals surface area contributed by atoms with Gasteiger partial charge in [0.1, 0.15) is 11.8 Å². The van der Waals surface area contributed by atoms with E-state index in [2.05, 4.69) is 21.2 Å². The minimum Gasteiger partial charge on any atom is -0.482 e. The van der Waals surface area contributed by atoms with E-state index < -0.39 is 6.04 Å². The van der Waals surface area contributed by atoms with Gasteiger partial charge in [-0.05, 0) is 56.2 Å². The molecule has 5 nitrogen and oxygen atoms in total. The average Bonchev–Trinajstić information content (AvgIpc) is 2.69. The molecule has 0 aromatic heterocycles. The molecule has 168 valence electrons. The summed E-state index contributed by atoms with van der Waals surface area (Å²) in [7, 11) is 0. The summed E-state index contributed by atoms with van der Waals surface area (Å²) < 4.78 is 6.45. The largest absolute Gasteiger partial charge is 0.482 e. The number of benzene rings is 2. The van der Waals surface area contributed by atoms with E-state index in [1.54, 1.807) is 36.4 Å². The summed E-state index contributed by atoms with van der Waals surface area (Å²) in [5.74, 6) is -0.198. The third-order valence-corrected chi connectivity index (χ3v) is 5.93. The van der Waals surface area contributed by atoms with Crippen LogP contribution in [0.5, 0.6) is 5.75 Å². The van der Waals surface area contributed by atoms with Crippen molar-refractivity contribution in [1.29, 1.82) is 0 Å². The first-order chi connectivity index (χ1) is 14.6. The highest BCUT2D eigenvalue weighted by Crippen LogP contribution is 2.28. The van der Waals surface area contributed by atoms with E-state index in [1.165, 1.54) is 4.90 Å². The van der Waals surface area contributed by atoms with Crippen molar-refractivity contribution in [2.75, 3.05) is 6.61 Å². The molecule has 0 fully saturated rings. The molecule has 0 spiro atoms. The number of nitrogens with zero attached hydrogens (tertiary/aromatic N) is 1. The number of hydrogen-bond acceptors (Lipinski definition) is 3. The molecule has 31 heavy (non-hydrogen) atoms. The molecular weight excluding hydrogens is 527 g/mol. The summed E-state index contributed by atoms with van der Waals surface area (Å²) in [5, 5.41) is 4.05. The summed E-state index contributed by atoms with van der Waals surface area (Å²) in [6, 6.07) is 9.51. The van der Waals surface area contributed by atoms with E-state index in [-0.39, 0.29) is 31.0 Å². The maximum absolute atomic E-state index is 13.2. The second-order valence-electron chi connectivity index (χ2n) is 7.22. The second kappa shape index (κ2) is 12.0. The van der Waals surface area contributed by atoms with Crippen LogP contribution in [-0.4, -0.2) is 35.4 Å². The van der Waals surface area contributed by atoms with E-state index >= 15 is 0 Å². The molecule has 0 aliphatic heterocycles. The standard InChI is InChI=1S/C22H24BrCl3N2O3/c1-4-19(22(30)27-13(2)3)28(11-14-5-7-16(24)17(25)9-14)21(29)12-31-20-8-6-15(23)10-18(20)26/h5-10,13,19H,4,11-12H2,1-3H3,(H,27,30). The molecule has 0 saturated carbocycles. The first kappa shape index (κ1) is 25.8. The number of rotatable bonds is 9. The molecule has 0 aliphatic carbocycles.